The number of hydrogen-bond acceptors (Lipinski definition) is 7. The second-order valence-electron chi connectivity index (χ2n) is 18.0. The summed E-state index contributed by atoms with van der Waals surface area (Å²) in [6.45, 7) is 3.71. The predicted molar refractivity (Wildman–Crippen MR) is 202 cm³/mol. The van der Waals surface area contributed by atoms with Gasteiger partial charge in [-0.1, -0.05) is 24.3 Å². The third-order valence-electron chi connectivity index (χ3n) is 16.1. The molecule has 8 heteroatoms. The number of esters is 3. The van der Waals surface area contributed by atoms with Crippen LogP contribution in [0.1, 0.15) is 76.7 Å². The lowest BCUT2D eigenvalue weighted by Crippen LogP contribution is -2.90. The zero-order chi connectivity index (χ0) is 36.0. The highest BCUT2D eigenvalue weighted by Crippen LogP contribution is 2.90. The van der Waals surface area contributed by atoms with Crippen molar-refractivity contribution in [3.05, 3.63) is 72.3 Å². The molecule has 1 heterocycles. The summed E-state index contributed by atoms with van der Waals surface area (Å²) >= 11 is 0. The van der Waals surface area contributed by atoms with Crippen LogP contribution in [0.3, 0.4) is 0 Å². The summed E-state index contributed by atoms with van der Waals surface area (Å²) in [5, 5.41) is 2.40. The Hall–Kier alpha value is -3.91. The number of carbonyl (C=O) groups is 3. The van der Waals surface area contributed by atoms with Gasteiger partial charge in [0.15, 0.2) is 20.9 Å². The molecule has 3 aromatic carbocycles. The molecule has 0 aliphatic heterocycles. The molecule has 8 aliphatic rings. The minimum Gasteiger partial charge on any atom is -0.496 e. The first-order chi connectivity index (χ1) is 25.6. The Labute approximate surface area is 312 Å². The SMILES string of the molecule is COc1ccc(-[s+]2c3ccccc3c3ccccc32)cc1C(CC(=O)OC1(C)C2CC3CC(C2)C1C3)C(=O)OCC(=O)OC1(C)C2CC3CC4CC1C342. The Kier molecular flexibility index (Phi) is 6.80. The van der Waals surface area contributed by atoms with Crippen molar-refractivity contribution >= 4 is 48.6 Å². The molecule has 4 aromatic rings. The summed E-state index contributed by atoms with van der Waals surface area (Å²) in [5.41, 5.74) is 0.0121. The van der Waals surface area contributed by atoms with Crippen molar-refractivity contribution in [1.29, 1.82) is 0 Å². The Morgan fingerprint density at radius 3 is 2.09 bits per heavy atom. The molecule has 0 N–H and O–H groups in total. The van der Waals surface area contributed by atoms with Crippen LogP contribution in [-0.2, 0) is 28.6 Å². The highest BCUT2D eigenvalue weighted by Gasteiger charge is 2.89. The van der Waals surface area contributed by atoms with E-state index >= 15 is 0 Å². The van der Waals surface area contributed by atoms with Crippen LogP contribution in [0.25, 0.3) is 25.1 Å². The average molecular weight is 732 g/mol. The molecule has 7 nitrogen and oxygen atoms in total. The van der Waals surface area contributed by atoms with E-state index in [2.05, 4.69) is 68.4 Å². The Morgan fingerprint density at radius 2 is 1.43 bits per heavy atom. The minimum absolute atomic E-state index is 0.203. The largest absolute Gasteiger partial charge is 0.496 e. The fraction of sp³-hybridized carbons (Fsp3) is 0.533. The zero-order valence-corrected chi connectivity index (χ0v) is 31.5. The van der Waals surface area contributed by atoms with Crippen LogP contribution >= 0.6 is 10.5 Å². The lowest BCUT2D eigenvalue weighted by Gasteiger charge is -2.90. The molecular weight excluding hydrogens is 685 g/mol. The van der Waals surface area contributed by atoms with E-state index in [1.165, 1.54) is 33.0 Å². The lowest BCUT2D eigenvalue weighted by atomic mass is 9.15. The van der Waals surface area contributed by atoms with E-state index < -0.39 is 52.1 Å². The fourth-order valence-corrected chi connectivity index (χ4v) is 16.4. The highest BCUT2D eigenvalue weighted by atomic mass is 32.2. The van der Waals surface area contributed by atoms with E-state index in [0.29, 0.717) is 46.3 Å². The molecule has 53 heavy (non-hydrogen) atoms. The number of fused-ring (bicyclic) bond motifs is 3. The summed E-state index contributed by atoms with van der Waals surface area (Å²) in [7, 11) is 1.15. The van der Waals surface area contributed by atoms with Gasteiger partial charge in [0.1, 0.15) is 17.0 Å². The maximum Gasteiger partial charge on any atom is 0.344 e. The summed E-state index contributed by atoms with van der Waals surface area (Å²) < 4.78 is 26.7. The molecule has 10 unspecified atom stereocenters. The molecule has 8 fully saturated rings. The number of methoxy groups -OCH3 is 1. The molecule has 4 bridgehead atoms. The lowest BCUT2D eigenvalue weighted by molar-refractivity contribution is -0.455. The van der Waals surface area contributed by atoms with Gasteiger partial charge in [-0.25, -0.2) is 4.79 Å². The molecule has 10 atom stereocenters. The van der Waals surface area contributed by atoms with Crippen LogP contribution in [0.4, 0.5) is 0 Å². The summed E-state index contributed by atoms with van der Waals surface area (Å²) in [6.07, 6.45) is 7.97. The van der Waals surface area contributed by atoms with E-state index in [1.807, 2.05) is 12.1 Å². The van der Waals surface area contributed by atoms with Gasteiger partial charge in [-0.15, -0.1) is 0 Å². The highest BCUT2D eigenvalue weighted by molar-refractivity contribution is 7.50. The smallest absolute Gasteiger partial charge is 0.344 e. The van der Waals surface area contributed by atoms with E-state index in [9.17, 15) is 14.4 Å². The first-order valence-corrected chi connectivity index (χ1v) is 21.1. The molecule has 274 valence electrons. The Bertz CT molecular complexity index is 2160. The normalized spacial score (nSPS) is 38.1. The average Bonchev–Trinajstić information content (AvgIpc) is 3.69. The molecule has 8 saturated carbocycles. The number of carbonyl (C=O) groups excluding carboxylic acids is 3. The van der Waals surface area contributed by atoms with E-state index in [0.717, 1.165) is 54.8 Å². The third kappa shape index (κ3) is 4.19. The monoisotopic (exact) mass is 731 g/mol. The van der Waals surface area contributed by atoms with Crippen molar-refractivity contribution < 1.29 is 33.3 Å². The van der Waals surface area contributed by atoms with Crippen molar-refractivity contribution in [1.82, 2.24) is 0 Å². The van der Waals surface area contributed by atoms with Crippen LogP contribution in [0.5, 0.6) is 5.75 Å². The van der Waals surface area contributed by atoms with Crippen molar-refractivity contribution in [3.8, 4) is 10.6 Å². The predicted octanol–water partition coefficient (Wildman–Crippen LogP) is 9.10. The van der Waals surface area contributed by atoms with Crippen molar-refractivity contribution in [2.75, 3.05) is 13.7 Å². The van der Waals surface area contributed by atoms with Gasteiger partial charge in [0.2, 0.25) is 0 Å². The van der Waals surface area contributed by atoms with Gasteiger partial charge in [0, 0.05) is 56.7 Å². The van der Waals surface area contributed by atoms with Crippen molar-refractivity contribution in [3.63, 3.8) is 0 Å². The second-order valence-corrected chi connectivity index (χ2v) is 19.9. The maximum absolute atomic E-state index is 14.3. The molecule has 1 spiro atoms. The molecular formula is C45H47O7S+. The summed E-state index contributed by atoms with van der Waals surface area (Å²) in [5.74, 6) is 2.48. The summed E-state index contributed by atoms with van der Waals surface area (Å²) in [4.78, 5) is 42.8. The first-order valence-electron chi connectivity index (χ1n) is 19.8. The number of thiophene rings is 1. The van der Waals surface area contributed by atoms with Crippen LogP contribution in [0.15, 0.2) is 66.7 Å². The van der Waals surface area contributed by atoms with Crippen molar-refractivity contribution in [2.45, 2.75) is 82.3 Å². The quantitative estimate of drug-likeness (QED) is 0.0914. The van der Waals surface area contributed by atoms with E-state index in [1.54, 1.807) is 7.11 Å². The standard InChI is InChI=1S/C45H47O7S/c1-43(26-15-24-14-25(17-26)34(43)16-24)51-40(46)22-33(42(48)50-23-41(47)52-44(2)38-19-27-18-28-20-39(44)45(27,28)38)32-21-29(12-13-35(32)49-3)53-36-10-6-4-8-30(36)31-9-5-7-11-37(31)53/h4-13,21,24-28,33-34,38-39H,14-20,22-23H2,1-3H3/q+1. The van der Waals surface area contributed by atoms with Gasteiger partial charge >= 0.3 is 17.9 Å². The van der Waals surface area contributed by atoms with Gasteiger partial charge in [-0.3, -0.25) is 9.59 Å². The van der Waals surface area contributed by atoms with Crippen LogP contribution in [-0.4, -0.2) is 42.8 Å². The molecule has 0 radical (unpaired) electrons. The first kappa shape index (κ1) is 32.5. The fourth-order valence-electron chi connectivity index (χ4n) is 14.0. The maximum atomic E-state index is 14.3. The van der Waals surface area contributed by atoms with Crippen LogP contribution in [0.2, 0.25) is 0 Å². The number of ether oxygens (including phenoxy) is 4. The second kappa shape index (κ2) is 11.1. The van der Waals surface area contributed by atoms with Crippen LogP contribution in [0, 0.1) is 52.8 Å². The number of hydrogen-bond donors (Lipinski definition) is 0. The molecule has 8 aliphatic carbocycles. The van der Waals surface area contributed by atoms with E-state index in [-0.39, 0.29) is 6.42 Å². The van der Waals surface area contributed by atoms with Gasteiger partial charge < -0.3 is 18.9 Å². The molecule has 12 rings (SSSR count). The van der Waals surface area contributed by atoms with Gasteiger partial charge in [0.05, 0.1) is 19.4 Å². The summed E-state index contributed by atoms with van der Waals surface area (Å²) in [6, 6.07) is 22.9. The molecule has 0 saturated heterocycles. The van der Waals surface area contributed by atoms with Gasteiger partial charge in [-0.05, 0) is 124 Å². The van der Waals surface area contributed by atoms with E-state index in [4.69, 9.17) is 18.9 Å². The van der Waals surface area contributed by atoms with Gasteiger partial charge in [-0.2, -0.15) is 0 Å². The Balaban J connectivity index is 0.902. The topological polar surface area (TPSA) is 88.1 Å². The van der Waals surface area contributed by atoms with Crippen LogP contribution < -0.4 is 4.74 Å². The Morgan fingerprint density at radius 1 is 0.755 bits per heavy atom. The third-order valence-corrected chi connectivity index (χ3v) is 18.4. The minimum atomic E-state index is -1.03. The van der Waals surface area contributed by atoms with Crippen molar-refractivity contribution in [2.24, 2.45) is 52.8 Å². The van der Waals surface area contributed by atoms with Gasteiger partial charge in [0.25, 0.3) is 0 Å². The molecule has 1 aromatic heterocycles. The molecule has 0 amide bonds. The number of benzene rings is 3. The number of rotatable bonds is 10. The zero-order valence-electron chi connectivity index (χ0n) is 30.7.